The van der Waals surface area contributed by atoms with Crippen LogP contribution in [0.2, 0.25) is 0 Å². The number of carbonyl (C=O) groups excluding carboxylic acids is 2. The quantitative estimate of drug-likeness (QED) is 0.846. The van der Waals surface area contributed by atoms with E-state index in [1.165, 1.54) is 5.69 Å². The van der Waals surface area contributed by atoms with Gasteiger partial charge in [-0.1, -0.05) is 35.9 Å². The van der Waals surface area contributed by atoms with E-state index in [0.29, 0.717) is 18.8 Å². The predicted octanol–water partition coefficient (Wildman–Crippen LogP) is 3.31. The average molecular weight is 365 g/mol. The second-order valence-electron chi connectivity index (χ2n) is 7.56. The molecule has 0 unspecified atom stereocenters. The van der Waals surface area contributed by atoms with Gasteiger partial charge in [0.2, 0.25) is 11.8 Å². The number of amides is 2. The van der Waals surface area contributed by atoms with E-state index >= 15 is 0 Å². The third-order valence-corrected chi connectivity index (χ3v) is 5.10. The first-order valence-electron chi connectivity index (χ1n) is 9.35. The Bertz CT molecular complexity index is 792. The zero-order valence-corrected chi connectivity index (χ0v) is 16.2. The number of aryl methyl sites for hydroxylation is 1. The Balaban J connectivity index is 1.60. The van der Waals surface area contributed by atoms with E-state index in [1.807, 2.05) is 49.4 Å². The fourth-order valence-electron chi connectivity index (χ4n) is 3.22. The normalized spacial score (nSPS) is 14.8. The summed E-state index contributed by atoms with van der Waals surface area (Å²) < 4.78 is 0. The van der Waals surface area contributed by atoms with Crippen LogP contribution in [-0.4, -0.2) is 42.9 Å². The van der Waals surface area contributed by atoms with Crippen molar-refractivity contribution in [2.24, 2.45) is 5.41 Å². The molecule has 1 N–H and O–H groups in total. The third-order valence-electron chi connectivity index (χ3n) is 5.10. The molecular formula is C22H27N3O2. The number of benzene rings is 2. The third kappa shape index (κ3) is 4.30. The summed E-state index contributed by atoms with van der Waals surface area (Å²) in [5.41, 5.74) is 1.89. The summed E-state index contributed by atoms with van der Waals surface area (Å²) in [4.78, 5) is 29.8. The van der Waals surface area contributed by atoms with Crippen molar-refractivity contribution in [2.45, 2.75) is 20.8 Å². The van der Waals surface area contributed by atoms with E-state index in [4.69, 9.17) is 0 Å². The summed E-state index contributed by atoms with van der Waals surface area (Å²) in [5.74, 6) is -0.401. The lowest BCUT2D eigenvalue weighted by atomic mass is 9.89. The van der Waals surface area contributed by atoms with Gasteiger partial charge >= 0.3 is 0 Å². The van der Waals surface area contributed by atoms with Crippen molar-refractivity contribution in [3.8, 4) is 0 Å². The van der Waals surface area contributed by atoms with Crippen LogP contribution >= 0.6 is 0 Å². The highest BCUT2D eigenvalue weighted by Gasteiger charge is 2.40. The van der Waals surface area contributed by atoms with E-state index in [9.17, 15) is 9.59 Å². The topological polar surface area (TPSA) is 52.7 Å². The highest BCUT2D eigenvalue weighted by Crippen LogP contribution is 2.24. The standard InChI is InChI=1S/C22H27N3O2/c1-17-9-11-18(12-10-17)23-20(26)22(2,3)21(27)25-15-13-24(14-16-25)19-7-5-4-6-8-19/h4-12H,13-16H2,1-3H3,(H,23,26). The Kier molecular flexibility index (Phi) is 5.49. The van der Waals surface area contributed by atoms with Gasteiger partial charge in [-0.15, -0.1) is 0 Å². The van der Waals surface area contributed by atoms with Gasteiger partial charge in [-0.25, -0.2) is 0 Å². The second-order valence-corrected chi connectivity index (χ2v) is 7.56. The Morgan fingerprint density at radius 3 is 2.07 bits per heavy atom. The zero-order valence-electron chi connectivity index (χ0n) is 16.2. The van der Waals surface area contributed by atoms with Gasteiger partial charge in [0.1, 0.15) is 5.41 Å². The van der Waals surface area contributed by atoms with Crippen LogP contribution < -0.4 is 10.2 Å². The maximum atomic E-state index is 13.0. The molecule has 2 amide bonds. The molecule has 0 aromatic heterocycles. The molecule has 5 nitrogen and oxygen atoms in total. The highest BCUT2D eigenvalue weighted by molar-refractivity contribution is 6.09. The highest BCUT2D eigenvalue weighted by atomic mass is 16.2. The monoisotopic (exact) mass is 365 g/mol. The fraction of sp³-hybridized carbons (Fsp3) is 0.364. The Labute approximate surface area is 161 Å². The first kappa shape index (κ1) is 19.0. The molecule has 0 radical (unpaired) electrons. The van der Waals surface area contributed by atoms with Crippen molar-refractivity contribution < 1.29 is 9.59 Å². The summed E-state index contributed by atoms with van der Waals surface area (Å²) in [6.07, 6.45) is 0. The number of anilines is 2. The summed E-state index contributed by atoms with van der Waals surface area (Å²) in [5, 5.41) is 2.87. The van der Waals surface area contributed by atoms with Gasteiger partial charge in [-0.2, -0.15) is 0 Å². The van der Waals surface area contributed by atoms with Crippen LogP contribution in [0.15, 0.2) is 54.6 Å². The molecule has 0 saturated carbocycles. The number of hydrogen-bond acceptors (Lipinski definition) is 3. The number of nitrogens with one attached hydrogen (secondary N) is 1. The first-order valence-corrected chi connectivity index (χ1v) is 9.35. The van der Waals surface area contributed by atoms with Crippen molar-refractivity contribution in [1.82, 2.24) is 4.90 Å². The van der Waals surface area contributed by atoms with E-state index in [-0.39, 0.29) is 11.8 Å². The number of piperazine rings is 1. The van der Waals surface area contributed by atoms with Crippen LogP contribution in [0, 0.1) is 12.3 Å². The SMILES string of the molecule is Cc1ccc(NC(=O)C(C)(C)C(=O)N2CCN(c3ccccc3)CC2)cc1. The number of rotatable bonds is 4. The molecule has 1 aliphatic rings. The second kappa shape index (κ2) is 7.82. The minimum Gasteiger partial charge on any atom is -0.368 e. The van der Waals surface area contributed by atoms with Crippen molar-refractivity contribution in [1.29, 1.82) is 0 Å². The van der Waals surface area contributed by atoms with Gasteiger partial charge in [0, 0.05) is 37.6 Å². The van der Waals surface area contributed by atoms with Crippen molar-refractivity contribution >= 4 is 23.2 Å². The summed E-state index contributed by atoms with van der Waals surface area (Å²) in [7, 11) is 0. The molecule has 5 heteroatoms. The molecule has 0 aliphatic carbocycles. The largest absolute Gasteiger partial charge is 0.368 e. The number of nitrogens with zero attached hydrogens (tertiary/aromatic N) is 2. The zero-order chi connectivity index (χ0) is 19.4. The molecular weight excluding hydrogens is 338 g/mol. The minimum absolute atomic E-state index is 0.125. The predicted molar refractivity (Wildman–Crippen MR) is 109 cm³/mol. The lowest BCUT2D eigenvalue weighted by molar-refractivity contribution is -0.146. The molecule has 3 rings (SSSR count). The van der Waals surface area contributed by atoms with Crippen LogP contribution in [-0.2, 0) is 9.59 Å². The number of carbonyl (C=O) groups is 2. The van der Waals surface area contributed by atoms with Gasteiger partial charge in [-0.3, -0.25) is 9.59 Å². The van der Waals surface area contributed by atoms with Crippen LogP contribution in [0.3, 0.4) is 0 Å². The average Bonchev–Trinajstić information content (AvgIpc) is 2.70. The molecule has 0 spiro atoms. The fourth-order valence-corrected chi connectivity index (χ4v) is 3.22. The van der Waals surface area contributed by atoms with E-state index in [1.54, 1.807) is 18.7 Å². The van der Waals surface area contributed by atoms with E-state index in [2.05, 4.69) is 22.3 Å². The molecule has 2 aromatic carbocycles. The smallest absolute Gasteiger partial charge is 0.239 e. The Hall–Kier alpha value is -2.82. The van der Waals surface area contributed by atoms with Gasteiger partial charge in [0.05, 0.1) is 0 Å². The molecule has 0 bridgehead atoms. The minimum atomic E-state index is -1.11. The lowest BCUT2D eigenvalue weighted by Crippen LogP contribution is -2.54. The molecule has 1 fully saturated rings. The van der Waals surface area contributed by atoms with Crippen LogP contribution in [0.1, 0.15) is 19.4 Å². The molecule has 1 aliphatic heterocycles. The van der Waals surface area contributed by atoms with Gasteiger partial charge in [-0.05, 0) is 45.0 Å². The summed E-state index contributed by atoms with van der Waals surface area (Å²) >= 11 is 0. The lowest BCUT2D eigenvalue weighted by Gasteiger charge is -2.39. The summed E-state index contributed by atoms with van der Waals surface area (Å²) in [6, 6.07) is 17.8. The van der Waals surface area contributed by atoms with E-state index < -0.39 is 5.41 Å². The maximum Gasteiger partial charge on any atom is 0.239 e. The molecule has 0 atom stereocenters. The first-order chi connectivity index (χ1) is 12.9. The van der Waals surface area contributed by atoms with Crippen molar-refractivity contribution in [2.75, 3.05) is 36.4 Å². The van der Waals surface area contributed by atoms with Crippen LogP contribution in [0.4, 0.5) is 11.4 Å². The molecule has 1 saturated heterocycles. The molecule has 2 aromatic rings. The number of hydrogen-bond donors (Lipinski definition) is 1. The summed E-state index contributed by atoms with van der Waals surface area (Å²) in [6.45, 7) is 8.17. The molecule has 142 valence electrons. The van der Waals surface area contributed by atoms with Gasteiger partial charge in [0.25, 0.3) is 0 Å². The molecule has 27 heavy (non-hydrogen) atoms. The van der Waals surface area contributed by atoms with Crippen molar-refractivity contribution in [3.63, 3.8) is 0 Å². The number of para-hydroxylation sites is 1. The van der Waals surface area contributed by atoms with Gasteiger partial charge < -0.3 is 15.1 Å². The van der Waals surface area contributed by atoms with Crippen LogP contribution in [0.25, 0.3) is 0 Å². The Morgan fingerprint density at radius 2 is 1.48 bits per heavy atom. The molecule has 1 heterocycles. The van der Waals surface area contributed by atoms with E-state index in [0.717, 1.165) is 18.7 Å². The Morgan fingerprint density at radius 1 is 0.889 bits per heavy atom. The van der Waals surface area contributed by atoms with Gasteiger partial charge in [0.15, 0.2) is 0 Å². The van der Waals surface area contributed by atoms with Crippen molar-refractivity contribution in [3.05, 3.63) is 60.2 Å². The van der Waals surface area contributed by atoms with Crippen LogP contribution in [0.5, 0.6) is 0 Å². The maximum absolute atomic E-state index is 13.0.